The minimum Gasteiger partial charge on any atom is -0.376 e. The van der Waals surface area contributed by atoms with E-state index >= 15 is 0 Å². The van der Waals surface area contributed by atoms with E-state index in [9.17, 15) is 14.9 Å². The lowest BCUT2D eigenvalue weighted by atomic mass is 10.1. The predicted molar refractivity (Wildman–Crippen MR) is 89.4 cm³/mol. The van der Waals surface area contributed by atoms with Crippen LogP contribution >= 0.6 is 0 Å². The zero-order valence-electron chi connectivity index (χ0n) is 13.6. The van der Waals surface area contributed by atoms with Gasteiger partial charge < -0.3 is 15.0 Å². The van der Waals surface area contributed by atoms with Crippen molar-refractivity contribution in [3.8, 4) is 12.3 Å². The molecule has 2 atom stereocenters. The second-order valence-electron chi connectivity index (χ2n) is 5.74. The van der Waals surface area contributed by atoms with Gasteiger partial charge in [-0.25, -0.2) is 4.79 Å². The van der Waals surface area contributed by atoms with Gasteiger partial charge in [0.15, 0.2) is 0 Å². The van der Waals surface area contributed by atoms with E-state index in [0.717, 1.165) is 12.8 Å². The quantitative estimate of drug-likeness (QED) is 0.493. The van der Waals surface area contributed by atoms with Crippen LogP contribution in [0.4, 0.5) is 10.5 Å². The molecule has 1 aromatic carbocycles. The number of nitro benzene ring substituents is 1. The summed E-state index contributed by atoms with van der Waals surface area (Å²) in [7, 11) is 0. The average Bonchev–Trinajstić information content (AvgIpc) is 3.07. The number of terminal acetylenes is 1. The lowest BCUT2D eigenvalue weighted by molar-refractivity contribution is -0.384. The Labute approximate surface area is 141 Å². The van der Waals surface area contributed by atoms with E-state index < -0.39 is 4.92 Å². The summed E-state index contributed by atoms with van der Waals surface area (Å²) in [5, 5.41) is 13.7. The summed E-state index contributed by atoms with van der Waals surface area (Å²) < 4.78 is 5.55. The van der Waals surface area contributed by atoms with Crippen molar-refractivity contribution < 1.29 is 14.5 Å². The second kappa shape index (κ2) is 8.31. The van der Waals surface area contributed by atoms with Gasteiger partial charge in [-0.05, 0) is 25.3 Å². The molecular formula is C17H21N3O4. The first kappa shape index (κ1) is 17.8. The van der Waals surface area contributed by atoms with Crippen LogP contribution in [0.15, 0.2) is 24.3 Å². The fraction of sp³-hybridized carbons (Fsp3) is 0.471. The van der Waals surface area contributed by atoms with Crippen LogP contribution in [0.3, 0.4) is 0 Å². The van der Waals surface area contributed by atoms with Gasteiger partial charge in [0.25, 0.3) is 5.69 Å². The summed E-state index contributed by atoms with van der Waals surface area (Å²) in [6.07, 6.45) is 7.26. The third kappa shape index (κ3) is 4.70. The number of ether oxygens (including phenoxy) is 1. The highest BCUT2D eigenvalue weighted by Gasteiger charge is 2.23. The van der Waals surface area contributed by atoms with Gasteiger partial charge >= 0.3 is 6.03 Å². The van der Waals surface area contributed by atoms with E-state index in [4.69, 9.17) is 11.2 Å². The van der Waals surface area contributed by atoms with Crippen molar-refractivity contribution in [2.24, 2.45) is 0 Å². The lowest BCUT2D eigenvalue weighted by Gasteiger charge is -2.25. The summed E-state index contributed by atoms with van der Waals surface area (Å²) in [4.78, 5) is 24.4. The molecule has 0 aliphatic carbocycles. The minimum absolute atomic E-state index is 0.00608. The van der Waals surface area contributed by atoms with Crippen molar-refractivity contribution in [1.29, 1.82) is 0 Å². The Morgan fingerprint density at radius 3 is 3.04 bits per heavy atom. The van der Waals surface area contributed by atoms with Crippen LogP contribution in [-0.2, 0) is 4.74 Å². The number of hydrogen-bond donors (Lipinski definition) is 1. The topological polar surface area (TPSA) is 84.7 Å². The van der Waals surface area contributed by atoms with E-state index in [1.165, 1.54) is 17.0 Å². The largest absolute Gasteiger partial charge is 0.376 e. The molecule has 0 saturated carbocycles. The zero-order chi connectivity index (χ0) is 17.5. The molecule has 7 heteroatoms. The van der Waals surface area contributed by atoms with E-state index in [1.54, 1.807) is 19.1 Å². The van der Waals surface area contributed by atoms with Crippen LogP contribution in [0.25, 0.3) is 0 Å². The molecule has 0 bridgehead atoms. The molecule has 0 radical (unpaired) electrons. The molecule has 24 heavy (non-hydrogen) atoms. The molecule has 0 unspecified atom stereocenters. The average molecular weight is 331 g/mol. The SMILES string of the molecule is C#CCN(C[C@H]1CCCO1)C(=O)N[C@H](C)c1cccc([N+](=O)[O-])c1. The summed E-state index contributed by atoms with van der Waals surface area (Å²) in [6, 6.07) is 5.53. The maximum absolute atomic E-state index is 12.5. The van der Waals surface area contributed by atoms with Gasteiger partial charge in [0.2, 0.25) is 0 Å². The standard InChI is InChI=1S/C17H21N3O4/c1-3-9-19(12-16-8-5-10-24-16)17(21)18-13(2)14-6-4-7-15(11-14)20(22)23/h1,4,6-7,11,13,16H,5,8-10,12H2,2H3,(H,18,21)/t13-,16-/m1/s1. The van der Waals surface area contributed by atoms with Crippen LogP contribution in [0.1, 0.15) is 31.4 Å². The Hall–Kier alpha value is -2.59. The van der Waals surface area contributed by atoms with Gasteiger partial charge in [-0.1, -0.05) is 18.1 Å². The Morgan fingerprint density at radius 1 is 1.62 bits per heavy atom. The van der Waals surface area contributed by atoms with Gasteiger partial charge in [-0.15, -0.1) is 6.42 Å². The van der Waals surface area contributed by atoms with Crippen LogP contribution in [0, 0.1) is 22.5 Å². The molecule has 2 rings (SSSR count). The summed E-state index contributed by atoms with van der Waals surface area (Å²) in [5.74, 6) is 2.48. The van der Waals surface area contributed by atoms with E-state index in [-0.39, 0.29) is 30.4 Å². The molecule has 1 aliphatic rings. The van der Waals surface area contributed by atoms with Crippen LogP contribution in [0.5, 0.6) is 0 Å². The molecule has 1 fully saturated rings. The summed E-state index contributed by atoms with van der Waals surface area (Å²) in [6.45, 7) is 3.11. The lowest BCUT2D eigenvalue weighted by Crippen LogP contribution is -2.44. The summed E-state index contributed by atoms with van der Waals surface area (Å²) >= 11 is 0. The number of rotatable bonds is 6. The van der Waals surface area contributed by atoms with Gasteiger partial charge in [0.1, 0.15) is 0 Å². The van der Waals surface area contributed by atoms with Gasteiger partial charge in [0, 0.05) is 25.3 Å². The number of nitrogens with one attached hydrogen (secondary N) is 1. The Kier molecular flexibility index (Phi) is 6.15. The molecule has 1 heterocycles. The maximum atomic E-state index is 12.5. The van der Waals surface area contributed by atoms with E-state index in [2.05, 4.69) is 11.2 Å². The van der Waals surface area contributed by atoms with Crippen LogP contribution in [-0.4, -0.2) is 41.7 Å². The molecule has 1 aromatic rings. The molecule has 1 aliphatic heterocycles. The number of carbonyl (C=O) groups is 1. The zero-order valence-corrected chi connectivity index (χ0v) is 13.6. The fourth-order valence-corrected chi connectivity index (χ4v) is 2.63. The minimum atomic E-state index is -0.458. The van der Waals surface area contributed by atoms with Gasteiger partial charge in [-0.3, -0.25) is 10.1 Å². The number of amides is 2. The molecule has 7 nitrogen and oxygen atoms in total. The number of non-ortho nitro benzene ring substituents is 1. The van der Waals surface area contributed by atoms with Crippen molar-refractivity contribution in [2.45, 2.75) is 31.9 Å². The third-order valence-corrected chi connectivity index (χ3v) is 3.94. The first-order chi connectivity index (χ1) is 11.5. The Balaban J connectivity index is 2.01. The highest BCUT2D eigenvalue weighted by molar-refractivity contribution is 5.75. The number of carbonyl (C=O) groups excluding carboxylic acids is 1. The van der Waals surface area contributed by atoms with Crippen molar-refractivity contribution in [2.75, 3.05) is 19.7 Å². The van der Waals surface area contributed by atoms with Crippen molar-refractivity contribution in [1.82, 2.24) is 10.2 Å². The van der Waals surface area contributed by atoms with Crippen molar-refractivity contribution in [3.63, 3.8) is 0 Å². The Morgan fingerprint density at radius 2 is 2.42 bits per heavy atom. The third-order valence-electron chi connectivity index (χ3n) is 3.94. The molecule has 0 spiro atoms. The molecule has 1 saturated heterocycles. The molecular weight excluding hydrogens is 310 g/mol. The predicted octanol–water partition coefficient (Wildman–Crippen LogP) is 2.48. The Bertz CT molecular complexity index is 635. The number of hydrogen-bond acceptors (Lipinski definition) is 4. The molecule has 1 N–H and O–H groups in total. The number of benzene rings is 1. The molecule has 2 amide bonds. The second-order valence-corrected chi connectivity index (χ2v) is 5.74. The van der Waals surface area contributed by atoms with Crippen LogP contribution in [0.2, 0.25) is 0 Å². The first-order valence-electron chi connectivity index (χ1n) is 7.86. The molecule has 0 aromatic heterocycles. The highest BCUT2D eigenvalue weighted by Crippen LogP contribution is 2.19. The normalized spacial score (nSPS) is 17.8. The number of nitro groups is 1. The number of urea groups is 1. The maximum Gasteiger partial charge on any atom is 0.318 e. The van der Waals surface area contributed by atoms with Crippen molar-refractivity contribution >= 4 is 11.7 Å². The number of nitrogens with zero attached hydrogens (tertiary/aromatic N) is 2. The van der Waals surface area contributed by atoms with E-state index in [0.29, 0.717) is 18.7 Å². The smallest absolute Gasteiger partial charge is 0.318 e. The monoisotopic (exact) mass is 331 g/mol. The first-order valence-corrected chi connectivity index (χ1v) is 7.86. The van der Waals surface area contributed by atoms with Crippen LogP contribution < -0.4 is 5.32 Å². The van der Waals surface area contributed by atoms with Gasteiger partial charge in [-0.2, -0.15) is 0 Å². The molecule has 128 valence electrons. The van der Waals surface area contributed by atoms with Gasteiger partial charge in [0.05, 0.1) is 23.6 Å². The fourth-order valence-electron chi connectivity index (χ4n) is 2.63. The van der Waals surface area contributed by atoms with E-state index in [1.807, 2.05) is 0 Å². The van der Waals surface area contributed by atoms with Crippen molar-refractivity contribution in [3.05, 3.63) is 39.9 Å². The highest BCUT2D eigenvalue weighted by atomic mass is 16.6. The summed E-state index contributed by atoms with van der Waals surface area (Å²) in [5.41, 5.74) is 0.656.